The number of nitrogens with zero attached hydrogens (tertiary/aromatic N) is 4. The van der Waals surface area contributed by atoms with Crippen molar-refractivity contribution < 1.29 is 9.47 Å². The second-order valence-corrected chi connectivity index (χ2v) is 6.85. The fourth-order valence-corrected chi connectivity index (χ4v) is 3.61. The van der Waals surface area contributed by atoms with Crippen LogP contribution in [-0.2, 0) is 12.3 Å². The van der Waals surface area contributed by atoms with E-state index in [2.05, 4.69) is 22.8 Å². The van der Waals surface area contributed by atoms with Gasteiger partial charge < -0.3 is 9.47 Å². The predicted octanol–water partition coefficient (Wildman–Crippen LogP) is 4.31. The van der Waals surface area contributed by atoms with Crippen molar-refractivity contribution in [2.75, 3.05) is 14.2 Å². The van der Waals surface area contributed by atoms with Crippen LogP contribution in [0.2, 0.25) is 0 Å². The largest absolute Gasteiger partial charge is 0.497 e. The highest BCUT2D eigenvalue weighted by Gasteiger charge is 2.15. The number of hydrogen-bond acceptors (Lipinski definition) is 6. The van der Waals surface area contributed by atoms with Gasteiger partial charge in [0.25, 0.3) is 0 Å². The van der Waals surface area contributed by atoms with Crippen LogP contribution in [0.4, 0.5) is 0 Å². The van der Waals surface area contributed by atoms with E-state index in [9.17, 15) is 0 Å². The SMILES string of the molecule is C=CCn1c(SCc2cccc(C#N)c2)nnc1-c1cc(OC)cc(OC)c1. The summed E-state index contributed by atoms with van der Waals surface area (Å²) in [6, 6.07) is 15.3. The molecule has 0 atom stereocenters. The lowest BCUT2D eigenvalue weighted by Crippen LogP contribution is -2.01. The smallest absolute Gasteiger partial charge is 0.192 e. The Balaban J connectivity index is 1.91. The Bertz CT molecular complexity index is 1000. The molecule has 0 fully saturated rings. The molecule has 6 nitrogen and oxygen atoms in total. The Hall–Kier alpha value is -3.24. The molecule has 0 unspecified atom stereocenters. The van der Waals surface area contributed by atoms with Gasteiger partial charge in [0.15, 0.2) is 11.0 Å². The fraction of sp³-hybridized carbons (Fsp3) is 0.190. The first-order chi connectivity index (χ1) is 13.7. The van der Waals surface area contributed by atoms with Crippen LogP contribution in [0.15, 0.2) is 60.3 Å². The molecule has 142 valence electrons. The van der Waals surface area contributed by atoms with Crippen molar-refractivity contribution in [3.05, 3.63) is 66.2 Å². The maximum absolute atomic E-state index is 9.06. The summed E-state index contributed by atoms with van der Waals surface area (Å²) in [5.74, 6) is 2.77. The lowest BCUT2D eigenvalue weighted by Gasteiger charge is -2.10. The average Bonchev–Trinajstić information content (AvgIpc) is 3.14. The molecule has 0 aliphatic rings. The third-order valence-electron chi connectivity index (χ3n) is 4.06. The van der Waals surface area contributed by atoms with E-state index in [1.165, 1.54) is 0 Å². The van der Waals surface area contributed by atoms with E-state index >= 15 is 0 Å². The van der Waals surface area contributed by atoms with Gasteiger partial charge in [-0.05, 0) is 29.8 Å². The monoisotopic (exact) mass is 392 g/mol. The van der Waals surface area contributed by atoms with Crippen LogP contribution in [-0.4, -0.2) is 29.0 Å². The Kier molecular flexibility index (Phi) is 6.35. The molecule has 7 heteroatoms. The lowest BCUT2D eigenvalue weighted by atomic mass is 10.2. The first-order valence-electron chi connectivity index (χ1n) is 8.58. The average molecular weight is 392 g/mol. The predicted molar refractivity (Wildman–Crippen MR) is 109 cm³/mol. The van der Waals surface area contributed by atoms with Gasteiger partial charge in [0.05, 0.1) is 25.9 Å². The second-order valence-electron chi connectivity index (χ2n) is 5.91. The highest BCUT2D eigenvalue weighted by atomic mass is 32.2. The van der Waals surface area contributed by atoms with Gasteiger partial charge in [-0.2, -0.15) is 5.26 Å². The molecule has 3 rings (SSSR count). The van der Waals surface area contributed by atoms with Gasteiger partial charge in [-0.25, -0.2) is 0 Å². The molecular formula is C21H20N4O2S. The van der Waals surface area contributed by atoms with Gasteiger partial charge in [-0.3, -0.25) is 4.57 Å². The van der Waals surface area contributed by atoms with Gasteiger partial charge in [0.2, 0.25) is 0 Å². The number of rotatable bonds is 8. The lowest BCUT2D eigenvalue weighted by molar-refractivity contribution is 0.394. The molecule has 0 radical (unpaired) electrons. The van der Waals surface area contributed by atoms with Crippen LogP contribution >= 0.6 is 11.8 Å². The molecule has 0 bridgehead atoms. The van der Waals surface area contributed by atoms with Crippen LogP contribution in [0.1, 0.15) is 11.1 Å². The maximum Gasteiger partial charge on any atom is 0.192 e. The highest BCUT2D eigenvalue weighted by Crippen LogP contribution is 2.31. The molecule has 0 saturated heterocycles. The number of nitriles is 1. The number of allylic oxidation sites excluding steroid dienone is 1. The van der Waals surface area contributed by atoms with Crippen LogP contribution in [0.3, 0.4) is 0 Å². The number of hydrogen-bond donors (Lipinski definition) is 0. The van der Waals surface area contributed by atoms with E-state index in [0.29, 0.717) is 35.2 Å². The van der Waals surface area contributed by atoms with Crippen molar-refractivity contribution in [2.24, 2.45) is 0 Å². The second kappa shape index (κ2) is 9.11. The zero-order chi connectivity index (χ0) is 19.9. The van der Waals surface area contributed by atoms with Crippen LogP contribution in [0.25, 0.3) is 11.4 Å². The van der Waals surface area contributed by atoms with Crippen molar-refractivity contribution in [2.45, 2.75) is 17.5 Å². The highest BCUT2D eigenvalue weighted by molar-refractivity contribution is 7.98. The van der Waals surface area contributed by atoms with Gasteiger partial charge in [0, 0.05) is 23.9 Å². The van der Waals surface area contributed by atoms with Crippen LogP contribution in [0.5, 0.6) is 11.5 Å². The summed E-state index contributed by atoms with van der Waals surface area (Å²) in [5.41, 5.74) is 2.56. The van der Waals surface area contributed by atoms with Crippen molar-refractivity contribution in [1.82, 2.24) is 14.8 Å². The van der Waals surface area contributed by atoms with Gasteiger partial charge in [-0.1, -0.05) is 30.0 Å². The van der Waals surface area contributed by atoms with Crippen LogP contribution < -0.4 is 9.47 Å². The molecule has 0 saturated carbocycles. The zero-order valence-electron chi connectivity index (χ0n) is 15.8. The van der Waals surface area contributed by atoms with E-state index in [0.717, 1.165) is 16.3 Å². The summed E-state index contributed by atoms with van der Waals surface area (Å²) < 4.78 is 12.7. The standard InChI is InChI=1S/C21H20N4O2S/c1-4-8-25-20(17-10-18(26-2)12-19(11-17)27-3)23-24-21(25)28-14-16-7-5-6-15(9-16)13-22/h4-7,9-12H,1,8,14H2,2-3H3. The Morgan fingerprint density at radius 2 is 1.89 bits per heavy atom. The number of thioether (sulfide) groups is 1. The van der Waals surface area contributed by atoms with Crippen LogP contribution in [0, 0.1) is 11.3 Å². The summed E-state index contributed by atoms with van der Waals surface area (Å²) in [6.07, 6.45) is 1.81. The first-order valence-corrected chi connectivity index (χ1v) is 9.56. The molecule has 0 aliphatic heterocycles. The van der Waals surface area contributed by atoms with E-state index in [1.807, 2.05) is 47.0 Å². The van der Waals surface area contributed by atoms with Gasteiger partial charge in [-0.15, -0.1) is 16.8 Å². The van der Waals surface area contributed by atoms with Crippen molar-refractivity contribution in [3.63, 3.8) is 0 Å². The zero-order valence-corrected chi connectivity index (χ0v) is 16.6. The minimum Gasteiger partial charge on any atom is -0.497 e. The van der Waals surface area contributed by atoms with E-state index in [4.69, 9.17) is 14.7 Å². The van der Waals surface area contributed by atoms with Crippen molar-refractivity contribution in [1.29, 1.82) is 5.26 Å². The molecule has 0 aliphatic carbocycles. The molecule has 28 heavy (non-hydrogen) atoms. The number of aromatic nitrogens is 3. The summed E-state index contributed by atoms with van der Waals surface area (Å²) in [4.78, 5) is 0. The summed E-state index contributed by atoms with van der Waals surface area (Å²) >= 11 is 1.56. The molecule has 0 spiro atoms. The molecular weight excluding hydrogens is 372 g/mol. The van der Waals surface area contributed by atoms with Gasteiger partial charge >= 0.3 is 0 Å². The van der Waals surface area contributed by atoms with E-state index < -0.39 is 0 Å². The first kappa shape index (κ1) is 19.5. The molecule has 1 aromatic heterocycles. The minimum atomic E-state index is 0.572. The Morgan fingerprint density at radius 3 is 2.54 bits per heavy atom. The van der Waals surface area contributed by atoms with Gasteiger partial charge in [0.1, 0.15) is 11.5 Å². The minimum absolute atomic E-state index is 0.572. The summed E-state index contributed by atoms with van der Waals surface area (Å²) in [6.45, 7) is 4.42. The maximum atomic E-state index is 9.06. The Labute approximate surface area is 168 Å². The quantitative estimate of drug-likeness (QED) is 0.420. The van der Waals surface area contributed by atoms with E-state index in [1.54, 1.807) is 32.0 Å². The normalized spacial score (nSPS) is 10.3. The fourth-order valence-electron chi connectivity index (χ4n) is 2.72. The topological polar surface area (TPSA) is 73.0 Å². The summed E-state index contributed by atoms with van der Waals surface area (Å²) in [5, 5.41) is 18.6. The summed E-state index contributed by atoms with van der Waals surface area (Å²) in [7, 11) is 3.23. The third kappa shape index (κ3) is 4.35. The van der Waals surface area contributed by atoms with Crippen molar-refractivity contribution in [3.8, 4) is 29.0 Å². The Morgan fingerprint density at radius 1 is 1.14 bits per heavy atom. The molecule has 3 aromatic rings. The molecule has 1 heterocycles. The number of benzene rings is 2. The molecule has 2 aromatic carbocycles. The van der Waals surface area contributed by atoms with E-state index in [-0.39, 0.29) is 0 Å². The number of methoxy groups -OCH3 is 2. The van der Waals surface area contributed by atoms with Crippen molar-refractivity contribution >= 4 is 11.8 Å². The third-order valence-corrected chi connectivity index (χ3v) is 5.10. The molecule has 0 N–H and O–H groups in total. The number of ether oxygens (including phenoxy) is 2. The molecule has 0 amide bonds.